The summed E-state index contributed by atoms with van der Waals surface area (Å²) in [6, 6.07) is -0.0164. The molecule has 2 rings (SSSR count). The fraction of sp³-hybridized carbons (Fsp3) is 0.630. The van der Waals surface area contributed by atoms with E-state index in [-0.39, 0.29) is 36.5 Å². The Hall–Kier alpha value is -2.22. The van der Waals surface area contributed by atoms with Gasteiger partial charge >= 0.3 is 5.97 Å². The van der Waals surface area contributed by atoms with Gasteiger partial charge < -0.3 is 25.0 Å². The predicted octanol–water partition coefficient (Wildman–Crippen LogP) is 3.94. The Bertz CT molecular complexity index is 814. The highest BCUT2D eigenvalue weighted by molar-refractivity contribution is 5.87. The van der Waals surface area contributed by atoms with E-state index in [1.807, 2.05) is 39.8 Å². The molecular formula is C27H41NO6. The molecule has 3 N–H and O–H groups in total. The number of carbonyl (C=O) groups excluding carboxylic acids is 1. The number of carboxylic acids is 1. The fourth-order valence-corrected chi connectivity index (χ4v) is 4.30. The number of hydrogen-bond donors (Lipinski definition) is 3. The van der Waals surface area contributed by atoms with E-state index in [0.29, 0.717) is 17.9 Å². The van der Waals surface area contributed by atoms with Crippen molar-refractivity contribution in [2.24, 2.45) is 11.8 Å². The molecule has 0 aromatic heterocycles. The number of amides is 1. The molecule has 2 fully saturated rings. The maximum absolute atomic E-state index is 12.2. The number of nitrogens with one attached hydrogen (secondary N) is 1. The summed E-state index contributed by atoms with van der Waals surface area (Å²) in [4.78, 5) is 23.2. The van der Waals surface area contributed by atoms with Crippen LogP contribution >= 0.6 is 0 Å². The van der Waals surface area contributed by atoms with Crippen molar-refractivity contribution in [3.63, 3.8) is 0 Å². The summed E-state index contributed by atoms with van der Waals surface area (Å²) in [5.41, 5.74) is 1.59. The summed E-state index contributed by atoms with van der Waals surface area (Å²) in [5.74, 6) is -0.401. The molecule has 190 valence electrons. The van der Waals surface area contributed by atoms with Gasteiger partial charge in [0.1, 0.15) is 12.2 Å². The molecular weight excluding hydrogens is 434 g/mol. The number of aliphatic hydroxyl groups is 1. The minimum absolute atomic E-state index is 0.0164. The van der Waals surface area contributed by atoms with E-state index >= 15 is 0 Å². The van der Waals surface area contributed by atoms with Gasteiger partial charge in [0.15, 0.2) is 0 Å². The monoisotopic (exact) mass is 475 g/mol. The molecule has 0 saturated carbocycles. The number of rotatable bonds is 9. The minimum Gasteiger partial charge on any atom is -0.481 e. The lowest BCUT2D eigenvalue weighted by atomic mass is 9.88. The van der Waals surface area contributed by atoms with Gasteiger partial charge in [-0.1, -0.05) is 57.2 Å². The maximum Gasteiger partial charge on any atom is 0.305 e. The van der Waals surface area contributed by atoms with Crippen molar-refractivity contribution < 1.29 is 29.3 Å². The van der Waals surface area contributed by atoms with E-state index in [1.165, 1.54) is 0 Å². The highest BCUT2D eigenvalue weighted by atomic mass is 16.5. The first-order valence-electron chi connectivity index (χ1n) is 12.2. The van der Waals surface area contributed by atoms with Gasteiger partial charge in [-0.2, -0.15) is 0 Å². The zero-order chi connectivity index (χ0) is 25.4. The van der Waals surface area contributed by atoms with Crippen molar-refractivity contribution in [1.82, 2.24) is 5.32 Å². The van der Waals surface area contributed by atoms with Gasteiger partial charge in [-0.15, -0.1) is 0 Å². The average Bonchev–Trinajstić information content (AvgIpc) is 2.74. The molecule has 7 nitrogen and oxygen atoms in total. The number of aliphatic hydroxyl groups excluding tert-OH is 1. The molecule has 7 heteroatoms. The van der Waals surface area contributed by atoms with Crippen LogP contribution in [0.25, 0.3) is 0 Å². The Kier molecular flexibility index (Phi) is 10.7. The molecule has 0 aromatic rings. The molecule has 2 aliphatic heterocycles. The van der Waals surface area contributed by atoms with Crippen molar-refractivity contribution in [3.05, 3.63) is 48.1 Å². The van der Waals surface area contributed by atoms with Crippen LogP contribution in [0.1, 0.15) is 60.3 Å². The van der Waals surface area contributed by atoms with E-state index in [9.17, 15) is 14.7 Å². The summed E-state index contributed by atoms with van der Waals surface area (Å²) in [5, 5.41) is 22.4. The van der Waals surface area contributed by atoms with Crippen molar-refractivity contribution in [1.29, 1.82) is 0 Å². The number of ether oxygens (including phenoxy) is 2. The predicted molar refractivity (Wildman–Crippen MR) is 132 cm³/mol. The van der Waals surface area contributed by atoms with Crippen LogP contribution < -0.4 is 5.32 Å². The van der Waals surface area contributed by atoms with Crippen LogP contribution in [0.15, 0.2) is 48.1 Å². The molecule has 0 aromatic carbocycles. The van der Waals surface area contributed by atoms with Crippen LogP contribution in [0.2, 0.25) is 0 Å². The molecule has 1 amide bonds. The second kappa shape index (κ2) is 13.0. The largest absolute Gasteiger partial charge is 0.481 e. The molecule has 2 aliphatic rings. The van der Waals surface area contributed by atoms with Crippen molar-refractivity contribution in [2.45, 2.75) is 96.9 Å². The Morgan fingerprint density at radius 1 is 1.24 bits per heavy atom. The first kappa shape index (κ1) is 28.0. The molecule has 7 atom stereocenters. The summed E-state index contributed by atoms with van der Waals surface area (Å²) in [6.45, 7) is 14.0. The van der Waals surface area contributed by atoms with Crippen molar-refractivity contribution in [3.8, 4) is 0 Å². The lowest BCUT2D eigenvalue weighted by Gasteiger charge is -2.39. The first-order valence-corrected chi connectivity index (χ1v) is 12.2. The number of carbonyl (C=O) groups is 2. The summed E-state index contributed by atoms with van der Waals surface area (Å²) in [6.07, 6.45) is 9.05. The third-order valence-corrected chi connectivity index (χ3v) is 6.37. The van der Waals surface area contributed by atoms with Gasteiger partial charge in [-0.25, -0.2) is 0 Å². The highest BCUT2D eigenvalue weighted by Gasteiger charge is 2.34. The zero-order valence-corrected chi connectivity index (χ0v) is 21.1. The van der Waals surface area contributed by atoms with Crippen LogP contribution in [-0.4, -0.2) is 58.7 Å². The van der Waals surface area contributed by atoms with E-state index in [4.69, 9.17) is 14.6 Å². The molecule has 0 bridgehead atoms. The summed E-state index contributed by atoms with van der Waals surface area (Å²) in [7, 11) is 0. The smallest absolute Gasteiger partial charge is 0.305 e. The Balaban J connectivity index is 1.90. The zero-order valence-electron chi connectivity index (χ0n) is 21.1. The van der Waals surface area contributed by atoms with Gasteiger partial charge in [-0.3, -0.25) is 9.59 Å². The van der Waals surface area contributed by atoms with E-state index in [2.05, 4.69) is 24.9 Å². The lowest BCUT2D eigenvalue weighted by Crippen LogP contribution is -2.50. The Morgan fingerprint density at radius 2 is 1.94 bits per heavy atom. The molecule has 0 aliphatic carbocycles. The molecule has 2 saturated heterocycles. The van der Waals surface area contributed by atoms with Gasteiger partial charge in [0, 0.05) is 0 Å². The second-order valence-electron chi connectivity index (χ2n) is 9.98. The Morgan fingerprint density at radius 3 is 2.59 bits per heavy atom. The van der Waals surface area contributed by atoms with Crippen LogP contribution in [0.5, 0.6) is 0 Å². The van der Waals surface area contributed by atoms with Gasteiger partial charge in [-0.05, 0) is 56.6 Å². The van der Waals surface area contributed by atoms with E-state index in [1.54, 1.807) is 12.2 Å². The molecule has 0 spiro atoms. The van der Waals surface area contributed by atoms with Crippen LogP contribution in [-0.2, 0) is 19.1 Å². The van der Waals surface area contributed by atoms with Gasteiger partial charge in [0.2, 0.25) is 5.91 Å². The number of carboxylic acid groups (broad SMARTS) is 1. The SMILES string of the molecule is C=C1C[C@H](CC(=O)O)O[C@H](/C=C/C(C)=C/C[C@@H]2O[C@H](C)[C@H](NC(=O)/C=C\C(C)C)C[C@@H]2C)[C@@H]1O. The normalized spacial score (nSPS) is 33.1. The van der Waals surface area contributed by atoms with Crippen molar-refractivity contribution >= 4 is 11.9 Å². The van der Waals surface area contributed by atoms with E-state index < -0.39 is 24.3 Å². The molecule has 34 heavy (non-hydrogen) atoms. The summed E-state index contributed by atoms with van der Waals surface area (Å²) < 4.78 is 12.0. The Labute approximate surface area is 203 Å². The quantitative estimate of drug-likeness (QED) is 0.265. The standard InChI is InChI=1S/C27H41NO6/c1-16(2)7-12-25(29)28-22-14-18(4)23(33-20(22)6)10-8-17(3)9-11-24-27(32)19(5)13-21(34-24)15-26(30)31/h7-9,11-12,16,18,20-24,27,32H,5,10,13-15H2,1-4,6H3,(H,28,29)(H,30,31)/b11-9+,12-7-,17-8+/t18-,20+,21+,22+,23-,24+,27+/m0/s1. The second-order valence-corrected chi connectivity index (χ2v) is 9.98. The molecule has 0 radical (unpaired) electrons. The average molecular weight is 476 g/mol. The van der Waals surface area contributed by atoms with E-state index in [0.717, 1.165) is 18.4 Å². The third kappa shape index (κ3) is 8.85. The topological polar surface area (TPSA) is 105 Å². The van der Waals surface area contributed by atoms with Crippen LogP contribution in [0.4, 0.5) is 0 Å². The highest BCUT2D eigenvalue weighted by Crippen LogP contribution is 2.29. The number of aliphatic carboxylic acids is 1. The fourth-order valence-electron chi connectivity index (χ4n) is 4.30. The van der Waals surface area contributed by atoms with Gasteiger partial charge in [0.05, 0.1) is 30.8 Å². The molecule has 2 heterocycles. The molecule has 0 unspecified atom stereocenters. The van der Waals surface area contributed by atoms with Gasteiger partial charge in [0.25, 0.3) is 0 Å². The minimum atomic E-state index is -0.933. The van der Waals surface area contributed by atoms with Crippen LogP contribution in [0, 0.1) is 11.8 Å². The lowest BCUT2D eigenvalue weighted by molar-refractivity contribution is -0.143. The third-order valence-electron chi connectivity index (χ3n) is 6.37. The first-order chi connectivity index (χ1) is 16.0. The van der Waals surface area contributed by atoms with Crippen LogP contribution in [0.3, 0.4) is 0 Å². The number of hydrogen-bond acceptors (Lipinski definition) is 5. The van der Waals surface area contributed by atoms with Crippen molar-refractivity contribution in [2.75, 3.05) is 0 Å². The number of allylic oxidation sites excluding steroid dienone is 3. The summed E-state index contributed by atoms with van der Waals surface area (Å²) >= 11 is 0. The maximum atomic E-state index is 12.2.